The lowest BCUT2D eigenvalue weighted by Gasteiger charge is -2.48. The van der Waals surface area contributed by atoms with Crippen LogP contribution in [0.15, 0.2) is 122 Å². The molecule has 3 rings (SSSR count). The number of allylic oxidation sites excluding steroid dienone is 20. The molecule has 0 saturated carbocycles. The van der Waals surface area contributed by atoms with Crippen LogP contribution >= 0.6 is 0 Å². The zero-order chi connectivity index (χ0) is 65.4. The lowest BCUT2D eigenvalue weighted by Crippen LogP contribution is -2.66. The number of carbonyl (C=O) groups excluding carboxylic acids is 1. The average molecular weight is 1270 g/mol. The topological polar surface area (TPSA) is 307 Å². The molecule has 3 saturated heterocycles. The van der Waals surface area contributed by atoms with E-state index in [1.807, 2.05) is 0 Å². The summed E-state index contributed by atoms with van der Waals surface area (Å²) in [4.78, 5) is 13.3. The van der Waals surface area contributed by atoms with E-state index in [1.165, 1.54) is 12.8 Å². The summed E-state index contributed by atoms with van der Waals surface area (Å²) in [5.41, 5.74) is 0. The van der Waals surface area contributed by atoms with Crippen LogP contribution in [0, 0.1) is 0 Å². The number of rotatable bonds is 49. The predicted octanol–water partition coefficient (Wildman–Crippen LogP) is 8.43. The van der Waals surface area contributed by atoms with Gasteiger partial charge in [-0.25, -0.2) is 0 Å². The number of hydrogen-bond donors (Lipinski definition) is 12. The number of amides is 1. The van der Waals surface area contributed by atoms with Gasteiger partial charge in [0.1, 0.15) is 73.2 Å². The van der Waals surface area contributed by atoms with Gasteiger partial charge in [0.25, 0.3) is 0 Å². The number of carbonyl (C=O) groups is 1. The van der Waals surface area contributed by atoms with Gasteiger partial charge in [-0.3, -0.25) is 4.79 Å². The lowest BCUT2D eigenvalue weighted by atomic mass is 9.96. The number of aliphatic hydroxyl groups excluding tert-OH is 11. The van der Waals surface area contributed by atoms with Gasteiger partial charge in [0.15, 0.2) is 18.9 Å². The van der Waals surface area contributed by atoms with Crippen molar-refractivity contribution in [2.45, 2.75) is 291 Å². The molecule has 0 aliphatic carbocycles. The second-order valence-corrected chi connectivity index (χ2v) is 23.6. The fourth-order valence-corrected chi connectivity index (χ4v) is 10.6. The molecule has 3 heterocycles. The Bertz CT molecular complexity index is 2100. The molecule has 3 aliphatic heterocycles. The van der Waals surface area contributed by atoms with Crippen molar-refractivity contribution in [3.05, 3.63) is 122 Å². The molecule has 3 aliphatic rings. The van der Waals surface area contributed by atoms with Crippen LogP contribution in [0.25, 0.3) is 0 Å². The molecule has 0 radical (unpaired) electrons. The fraction of sp³-hybridized carbons (Fsp3) is 0.704. The van der Waals surface area contributed by atoms with Crippen LogP contribution in [-0.4, -0.2) is 193 Å². The van der Waals surface area contributed by atoms with Gasteiger partial charge in [0.2, 0.25) is 5.91 Å². The summed E-state index contributed by atoms with van der Waals surface area (Å²) in [5.74, 6) is -0.264. The second kappa shape index (κ2) is 51.6. The minimum absolute atomic E-state index is 0.247. The number of nitrogens with one attached hydrogen (secondary N) is 1. The number of ether oxygens (including phenoxy) is 6. The largest absolute Gasteiger partial charge is 0.394 e. The highest BCUT2D eigenvalue weighted by atomic mass is 16.8. The normalized spacial score (nSPS) is 28.8. The highest BCUT2D eigenvalue weighted by molar-refractivity contribution is 5.76. The summed E-state index contributed by atoms with van der Waals surface area (Å²) < 4.78 is 34.2. The van der Waals surface area contributed by atoms with Crippen LogP contribution in [0.5, 0.6) is 0 Å². The van der Waals surface area contributed by atoms with Gasteiger partial charge in [0.05, 0.1) is 38.6 Å². The molecule has 3 fully saturated rings. The van der Waals surface area contributed by atoms with Crippen molar-refractivity contribution in [1.29, 1.82) is 0 Å². The molecule has 0 aromatic carbocycles. The molecule has 514 valence electrons. The van der Waals surface area contributed by atoms with Crippen LogP contribution < -0.4 is 5.32 Å². The maximum absolute atomic E-state index is 13.3. The molecule has 1 amide bonds. The van der Waals surface area contributed by atoms with E-state index in [4.69, 9.17) is 28.4 Å². The first kappa shape index (κ1) is 80.4. The predicted molar refractivity (Wildman–Crippen MR) is 350 cm³/mol. The molecule has 0 spiro atoms. The molecule has 17 unspecified atom stereocenters. The third-order valence-electron chi connectivity index (χ3n) is 16.1. The van der Waals surface area contributed by atoms with E-state index in [2.05, 4.69) is 141 Å². The lowest BCUT2D eigenvalue weighted by molar-refractivity contribution is -0.379. The standard InChI is InChI=1S/C71H117NO18/c1-3-5-7-9-11-12-13-14-15-16-17-18-19-20-21-22-23-24-25-26-27-28-29-30-31-32-33-34-35-36-37-38-39-40-41-42-43-45-47-49-59(77)72-54(55(76)48-46-44-10-8-6-4-2)53-85-69-65(83)62(80)67(57(51-74)87-69)90-71-66(84)63(81)68(58(52-75)88-71)89-70-64(82)61(79)60(78)56(50-73)86-70/h5,7,11-12,14-15,17-18,20-21,23-24,26-27,29-30,32-33,35-36,54-58,60-71,73-76,78-84H,3-4,6,8-10,13,16,19,22,25,28,31,34,37-53H2,1-2H3,(H,72,77)/b7-5-,12-11-,15-14-,18-17-,21-20-,24-23-,27-26-,30-29-,33-32-,36-35-. The van der Waals surface area contributed by atoms with Crippen molar-refractivity contribution >= 4 is 5.91 Å². The zero-order valence-corrected chi connectivity index (χ0v) is 54.1. The molecule has 19 nitrogen and oxygen atoms in total. The molecule has 17 atom stereocenters. The van der Waals surface area contributed by atoms with E-state index in [0.29, 0.717) is 19.3 Å². The van der Waals surface area contributed by atoms with Crippen molar-refractivity contribution in [2.75, 3.05) is 26.4 Å². The van der Waals surface area contributed by atoms with E-state index in [9.17, 15) is 61.0 Å². The Morgan fingerprint density at radius 3 is 1.20 bits per heavy atom. The van der Waals surface area contributed by atoms with Crippen LogP contribution in [0.2, 0.25) is 0 Å². The molecule has 0 aromatic heterocycles. The first-order valence-corrected chi connectivity index (χ1v) is 33.8. The van der Waals surface area contributed by atoms with Gasteiger partial charge in [-0.1, -0.05) is 212 Å². The van der Waals surface area contributed by atoms with E-state index in [1.54, 1.807) is 0 Å². The highest BCUT2D eigenvalue weighted by Crippen LogP contribution is 2.33. The van der Waals surface area contributed by atoms with E-state index >= 15 is 0 Å². The minimum atomic E-state index is -1.98. The number of hydrogen-bond acceptors (Lipinski definition) is 18. The van der Waals surface area contributed by atoms with Crippen LogP contribution in [-0.2, 0) is 33.2 Å². The van der Waals surface area contributed by atoms with Crippen molar-refractivity contribution in [3.8, 4) is 0 Å². The van der Waals surface area contributed by atoms with Crippen LogP contribution in [0.4, 0.5) is 0 Å². The molecular weight excluding hydrogens is 1150 g/mol. The fourth-order valence-electron chi connectivity index (χ4n) is 10.6. The Kier molecular flexibility index (Phi) is 46.1. The summed E-state index contributed by atoms with van der Waals surface area (Å²) in [6, 6.07) is -0.896. The Balaban J connectivity index is 1.29. The maximum Gasteiger partial charge on any atom is 0.220 e. The van der Waals surface area contributed by atoms with Gasteiger partial charge in [-0.05, 0) is 89.9 Å². The van der Waals surface area contributed by atoms with Gasteiger partial charge in [0, 0.05) is 6.42 Å². The zero-order valence-electron chi connectivity index (χ0n) is 54.1. The monoisotopic (exact) mass is 1270 g/mol. The first-order valence-electron chi connectivity index (χ1n) is 33.8. The third-order valence-corrected chi connectivity index (χ3v) is 16.1. The SMILES string of the molecule is CC/C=C\C/C=C\C/C=C\C/C=C\C/C=C\C/C=C\C/C=C\C/C=C\C/C=C\C/C=C\CCCCCCCCCCC(=O)NC(COC1OC(CO)C(OC2OC(CO)C(OC3OC(CO)C(O)C(O)C3O)C(O)C2O)C(O)C1O)C(O)CCCCCCCC. The summed E-state index contributed by atoms with van der Waals surface area (Å²) in [6.45, 7) is 1.56. The van der Waals surface area contributed by atoms with Gasteiger partial charge < -0.3 is 89.9 Å². The van der Waals surface area contributed by atoms with Crippen LogP contribution in [0.1, 0.15) is 187 Å². The Labute approximate surface area is 538 Å². The first-order chi connectivity index (χ1) is 43.8. The van der Waals surface area contributed by atoms with E-state index in [-0.39, 0.29) is 18.9 Å². The molecular formula is C71H117NO18. The van der Waals surface area contributed by atoms with Gasteiger partial charge >= 0.3 is 0 Å². The molecule has 0 aromatic rings. The number of unbranched alkanes of at least 4 members (excludes halogenated alkanes) is 13. The Hall–Kier alpha value is -3.81. The van der Waals surface area contributed by atoms with Gasteiger partial charge in [-0.2, -0.15) is 0 Å². The second-order valence-electron chi connectivity index (χ2n) is 23.6. The van der Waals surface area contributed by atoms with Crippen molar-refractivity contribution in [3.63, 3.8) is 0 Å². The minimum Gasteiger partial charge on any atom is -0.394 e. The van der Waals surface area contributed by atoms with E-state index in [0.717, 1.165) is 135 Å². The third kappa shape index (κ3) is 33.3. The quantitative estimate of drug-likeness (QED) is 0.0201. The molecule has 0 bridgehead atoms. The van der Waals surface area contributed by atoms with Crippen molar-refractivity contribution in [1.82, 2.24) is 5.32 Å². The molecule has 12 N–H and O–H groups in total. The molecule has 19 heteroatoms. The van der Waals surface area contributed by atoms with Gasteiger partial charge in [-0.15, -0.1) is 0 Å². The maximum atomic E-state index is 13.3. The summed E-state index contributed by atoms with van der Waals surface area (Å²) >= 11 is 0. The van der Waals surface area contributed by atoms with Crippen LogP contribution in [0.3, 0.4) is 0 Å². The highest BCUT2D eigenvalue weighted by Gasteiger charge is 2.53. The smallest absolute Gasteiger partial charge is 0.220 e. The van der Waals surface area contributed by atoms with Crippen molar-refractivity contribution < 1.29 is 89.4 Å². The summed E-state index contributed by atoms with van der Waals surface area (Å²) in [7, 11) is 0. The van der Waals surface area contributed by atoms with E-state index < -0.39 is 124 Å². The molecule has 90 heavy (non-hydrogen) atoms. The Morgan fingerprint density at radius 1 is 0.411 bits per heavy atom. The number of aliphatic hydroxyl groups is 11. The average Bonchev–Trinajstić information content (AvgIpc) is 1.11. The van der Waals surface area contributed by atoms with Crippen molar-refractivity contribution in [2.24, 2.45) is 0 Å². The Morgan fingerprint density at radius 2 is 0.767 bits per heavy atom. The summed E-state index contributed by atoms with van der Waals surface area (Å²) in [5, 5.41) is 120. The summed E-state index contributed by atoms with van der Waals surface area (Å²) in [6.07, 6.45) is 43.6.